The first kappa shape index (κ1) is 28.0. The minimum absolute atomic E-state index is 0.0222. The fourth-order valence-corrected chi connectivity index (χ4v) is 5.81. The third kappa shape index (κ3) is 5.39. The summed E-state index contributed by atoms with van der Waals surface area (Å²) in [7, 11) is 0. The fourth-order valence-electron chi connectivity index (χ4n) is 5.81. The molecule has 0 aliphatic carbocycles. The number of benzene rings is 3. The van der Waals surface area contributed by atoms with Crippen LogP contribution in [0.2, 0.25) is 0 Å². The molecule has 0 atom stereocenters. The summed E-state index contributed by atoms with van der Waals surface area (Å²) in [5.74, 6) is -0.264. The molecular formula is C31H35N5O6. The Balaban J connectivity index is 1.24. The molecule has 0 unspecified atom stereocenters. The van der Waals surface area contributed by atoms with Gasteiger partial charge in [0.2, 0.25) is 0 Å². The van der Waals surface area contributed by atoms with Crippen molar-refractivity contribution in [3.05, 3.63) is 82.4 Å². The summed E-state index contributed by atoms with van der Waals surface area (Å²) in [6.45, 7) is 8.38. The number of aromatic hydroxyl groups is 2. The second-order valence-electron chi connectivity index (χ2n) is 10.6. The van der Waals surface area contributed by atoms with Crippen LogP contribution in [0.4, 0.5) is 0 Å². The molecule has 1 fully saturated rings. The minimum atomic E-state index is -1.41. The van der Waals surface area contributed by atoms with Crippen molar-refractivity contribution in [1.29, 1.82) is 0 Å². The van der Waals surface area contributed by atoms with Gasteiger partial charge in [-0.05, 0) is 42.5 Å². The second kappa shape index (κ2) is 12.0. The van der Waals surface area contributed by atoms with E-state index in [-0.39, 0.29) is 28.9 Å². The lowest BCUT2D eigenvalue weighted by Gasteiger charge is -2.36. The second-order valence-corrected chi connectivity index (χ2v) is 10.6. The van der Waals surface area contributed by atoms with Gasteiger partial charge in [0.05, 0.1) is 5.56 Å². The normalized spacial score (nSPS) is 18.4. The number of nitrogens with one attached hydrogen (secondary N) is 4. The maximum absolute atomic E-state index is 13.3. The van der Waals surface area contributed by atoms with Crippen LogP contribution in [0, 0.1) is 0 Å². The maximum atomic E-state index is 13.3. The van der Waals surface area contributed by atoms with E-state index in [2.05, 4.69) is 26.2 Å². The number of phenols is 2. The average Bonchev–Trinajstić information content (AvgIpc) is 3.25. The first-order valence-corrected chi connectivity index (χ1v) is 14.3. The minimum Gasteiger partial charge on any atom is -0.508 e. The van der Waals surface area contributed by atoms with Crippen molar-refractivity contribution in [2.24, 2.45) is 0 Å². The summed E-state index contributed by atoms with van der Waals surface area (Å²) in [4.78, 5) is 28.8. The van der Waals surface area contributed by atoms with Gasteiger partial charge in [0.15, 0.2) is 5.60 Å². The van der Waals surface area contributed by atoms with E-state index in [0.29, 0.717) is 40.9 Å². The summed E-state index contributed by atoms with van der Waals surface area (Å²) in [5, 5.41) is 33.6. The topological polar surface area (TPSA) is 144 Å². The van der Waals surface area contributed by atoms with Crippen molar-refractivity contribution in [2.45, 2.75) is 5.60 Å². The Morgan fingerprint density at radius 2 is 1.40 bits per heavy atom. The SMILES string of the molecule is O=C(NCCN1CCNCCNCCNCC1)c1ccc2c(c1)C1(OC2=O)c2ccc(O)cc2Oc2cc(O)ccc21. The van der Waals surface area contributed by atoms with Gasteiger partial charge in [-0.2, -0.15) is 0 Å². The Morgan fingerprint density at radius 1 is 0.810 bits per heavy atom. The number of amides is 1. The van der Waals surface area contributed by atoms with E-state index >= 15 is 0 Å². The van der Waals surface area contributed by atoms with Crippen LogP contribution in [0.1, 0.15) is 37.4 Å². The van der Waals surface area contributed by atoms with E-state index in [0.717, 1.165) is 52.4 Å². The highest BCUT2D eigenvalue weighted by molar-refractivity contribution is 6.00. The van der Waals surface area contributed by atoms with E-state index in [9.17, 15) is 19.8 Å². The molecule has 0 saturated carbocycles. The molecule has 42 heavy (non-hydrogen) atoms. The highest BCUT2D eigenvalue weighted by Crippen LogP contribution is 2.57. The zero-order chi connectivity index (χ0) is 29.1. The zero-order valence-electron chi connectivity index (χ0n) is 23.2. The molecule has 0 radical (unpaired) electrons. The van der Waals surface area contributed by atoms with Crippen molar-refractivity contribution in [1.82, 2.24) is 26.2 Å². The summed E-state index contributed by atoms with van der Waals surface area (Å²) < 4.78 is 12.1. The largest absolute Gasteiger partial charge is 0.508 e. The molecule has 3 heterocycles. The molecule has 3 aromatic carbocycles. The zero-order valence-corrected chi connectivity index (χ0v) is 23.2. The molecule has 11 heteroatoms. The molecule has 1 saturated heterocycles. The molecule has 3 aromatic rings. The molecule has 1 amide bonds. The van der Waals surface area contributed by atoms with Gasteiger partial charge in [-0.3, -0.25) is 9.69 Å². The van der Waals surface area contributed by atoms with Crippen molar-refractivity contribution in [3.8, 4) is 23.0 Å². The molecule has 6 rings (SSSR count). The van der Waals surface area contributed by atoms with E-state index < -0.39 is 11.6 Å². The lowest BCUT2D eigenvalue weighted by atomic mass is 9.77. The van der Waals surface area contributed by atoms with Crippen LogP contribution in [-0.2, 0) is 10.3 Å². The van der Waals surface area contributed by atoms with E-state index in [1.54, 1.807) is 30.3 Å². The quantitative estimate of drug-likeness (QED) is 0.254. The number of nitrogens with zero attached hydrogens (tertiary/aromatic N) is 1. The number of hydrogen-bond acceptors (Lipinski definition) is 10. The predicted octanol–water partition coefficient (Wildman–Crippen LogP) is 1.48. The van der Waals surface area contributed by atoms with Crippen LogP contribution in [-0.4, -0.2) is 92.4 Å². The van der Waals surface area contributed by atoms with Crippen molar-refractivity contribution in [2.75, 3.05) is 65.4 Å². The standard InChI is InChI=1S/C31H35N5O6/c37-21-2-5-24-27(18-21)41-28-19-22(38)3-6-25(28)31(24)26-17-20(1-4-23(26)30(40)42-31)29(39)35-13-16-36-14-11-33-9-7-32-8-10-34-12-15-36/h1-6,17-19,32-34,37-38H,7-16H2,(H,35,39). The van der Waals surface area contributed by atoms with Gasteiger partial charge in [-0.25, -0.2) is 4.79 Å². The lowest BCUT2D eigenvalue weighted by molar-refractivity contribution is 0.0224. The van der Waals surface area contributed by atoms with Gasteiger partial charge in [-0.15, -0.1) is 0 Å². The number of ether oxygens (including phenoxy) is 2. The average molecular weight is 574 g/mol. The smallest absolute Gasteiger partial charge is 0.340 e. The number of hydrogen-bond donors (Lipinski definition) is 6. The Hall–Kier alpha value is -4.16. The molecule has 3 aliphatic heterocycles. The van der Waals surface area contributed by atoms with Gasteiger partial charge in [-0.1, -0.05) is 0 Å². The van der Waals surface area contributed by atoms with Crippen LogP contribution in [0.15, 0.2) is 54.6 Å². The maximum Gasteiger partial charge on any atom is 0.340 e. The highest BCUT2D eigenvalue weighted by Gasteiger charge is 2.53. The van der Waals surface area contributed by atoms with Gasteiger partial charge < -0.3 is 41.0 Å². The number of rotatable bonds is 4. The van der Waals surface area contributed by atoms with Gasteiger partial charge in [0, 0.05) is 99.8 Å². The third-order valence-electron chi connectivity index (χ3n) is 7.92. The van der Waals surface area contributed by atoms with Crippen molar-refractivity contribution < 1.29 is 29.3 Å². The Labute approximate surface area is 243 Å². The molecule has 0 bridgehead atoms. The van der Waals surface area contributed by atoms with Crippen molar-refractivity contribution in [3.63, 3.8) is 0 Å². The number of fused-ring (bicyclic) bond motifs is 6. The molecule has 1 spiro atoms. The first-order chi connectivity index (χ1) is 20.5. The summed E-state index contributed by atoms with van der Waals surface area (Å²) in [6.07, 6.45) is 0. The van der Waals surface area contributed by atoms with Crippen LogP contribution >= 0.6 is 0 Å². The van der Waals surface area contributed by atoms with Crippen LogP contribution < -0.4 is 26.0 Å². The van der Waals surface area contributed by atoms with Gasteiger partial charge >= 0.3 is 5.97 Å². The molecule has 6 N–H and O–H groups in total. The molecule has 11 nitrogen and oxygen atoms in total. The molecule has 0 aromatic heterocycles. The monoisotopic (exact) mass is 573 g/mol. The Bertz CT molecular complexity index is 1430. The van der Waals surface area contributed by atoms with Gasteiger partial charge in [0.1, 0.15) is 23.0 Å². The van der Waals surface area contributed by atoms with Gasteiger partial charge in [0.25, 0.3) is 5.91 Å². The Morgan fingerprint density at radius 3 is 2.02 bits per heavy atom. The first-order valence-electron chi connectivity index (χ1n) is 14.3. The lowest BCUT2D eigenvalue weighted by Crippen LogP contribution is -2.44. The third-order valence-corrected chi connectivity index (χ3v) is 7.92. The number of phenolic OH excluding ortho intramolecular Hbond substituents is 2. The highest BCUT2D eigenvalue weighted by atomic mass is 16.6. The summed E-state index contributed by atoms with van der Waals surface area (Å²) >= 11 is 0. The molecule has 3 aliphatic rings. The number of carbonyl (C=O) groups excluding carboxylic acids is 2. The van der Waals surface area contributed by atoms with Crippen LogP contribution in [0.3, 0.4) is 0 Å². The van der Waals surface area contributed by atoms with E-state index in [4.69, 9.17) is 9.47 Å². The summed E-state index contributed by atoms with van der Waals surface area (Å²) in [6, 6.07) is 14.1. The summed E-state index contributed by atoms with van der Waals surface area (Å²) in [5.41, 5.74) is 0.830. The Kier molecular flexibility index (Phi) is 7.98. The van der Waals surface area contributed by atoms with Crippen LogP contribution in [0.5, 0.6) is 23.0 Å². The van der Waals surface area contributed by atoms with E-state index in [1.807, 2.05) is 0 Å². The number of esters is 1. The van der Waals surface area contributed by atoms with Crippen molar-refractivity contribution >= 4 is 11.9 Å². The predicted molar refractivity (Wildman–Crippen MR) is 155 cm³/mol. The number of carbonyl (C=O) groups is 2. The van der Waals surface area contributed by atoms with E-state index in [1.165, 1.54) is 24.3 Å². The van der Waals surface area contributed by atoms with Crippen LogP contribution in [0.25, 0.3) is 0 Å². The molecular weight excluding hydrogens is 538 g/mol. The fraction of sp³-hybridized carbons (Fsp3) is 0.355. The molecule has 220 valence electrons.